The van der Waals surface area contributed by atoms with E-state index in [0.717, 1.165) is 43.3 Å². The van der Waals surface area contributed by atoms with E-state index in [-0.39, 0.29) is 5.91 Å². The predicted molar refractivity (Wildman–Crippen MR) is 79.8 cm³/mol. The van der Waals surface area contributed by atoms with E-state index in [4.69, 9.17) is 0 Å². The summed E-state index contributed by atoms with van der Waals surface area (Å²) < 4.78 is 1.79. The molecule has 112 valence electrons. The average molecular weight is 279 g/mol. The zero-order chi connectivity index (χ0) is 14.9. The van der Waals surface area contributed by atoms with Crippen LogP contribution < -0.4 is 10.6 Å². The van der Waals surface area contributed by atoms with Crippen LogP contribution in [0.5, 0.6) is 0 Å². The summed E-state index contributed by atoms with van der Waals surface area (Å²) in [6.07, 6.45) is 0. The maximum absolute atomic E-state index is 12.6. The van der Waals surface area contributed by atoms with Crippen molar-refractivity contribution in [1.29, 1.82) is 0 Å². The maximum Gasteiger partial charge on any atom is 0.244 e. The van der Waals surface area contributed by atoms with Gasteiger partial charge >= 0.3 is 0 Å². The number of rotatable bonds is 3. The van der Waals surface area contributed by atoms with Crippen molar-refractivity contribution in [1.82, 2.24) is 20.0 Å². The molecule has 1 aromatic rings. The number of carbonyl (C=O) groups excluding carboxylic acids is 1. The van der Waals surface area contributed by atoms with Gasteiger partial charge in [0.25, 0.3) is 0 Å². The smallest absolute Gasteiger partial charge is 0.244 e. The molecule has 1 aromatic heterocycles. The summed E-state index contributed by atoms with van der Waals surface area (Å²) in [6, 6.07) is 0. The molecule has 0 unspecified atom stereocenters. The topological polar surface area (TPSA) is 62.2 Å². The summed E-state index contributed by atoms with van der Waals surface area (Å²) in [5.74, 6) is 0.0265. The van der Waals surface area contributed by atoms with Crippen LogP contribution in [0.1, 0.15) is 25.2 Å². The number of piperazine rings is 1. The Morgan fingerprint density at radius 1 is 1.30 bits per heavy atom. The van der Waals surface area contributed by atoms with Crippen LogP contribution in [-0.4, -0.2) is 52.3 Å². The normalized spacial score (nSPS) is 17.2. The van der Waals surface area contributed by atoms with Crippen LogP contribution in [0.25, 0.3) is 0 Å². The van der Waals surface area contributed by atoms with Crippen molar-refractivity contribution in [2.75, 3.05) is 31.5 Å². The van der Waals surface area contributed by atoms with Crippen molar-refractivity contribution in [2.45, 2.75) is 33.2 Å². The summed E-state index contributed by atoms with van der Waals surface area (Å²) in [4.78, 5) is 14.9. The van der Waals surface area contributed by atoms with Crippen molar-refractivity contribution in [3.63, 3.8) is 0 Å². The van der Waals surface area contributed by atoms with Crippen LogP contribution in [0.2, 0.25) is 0 Å². The molecule has 1 amide bonds. The molecule has 2 rings (SSSR count). The largest absolute Gasteiger partial charge is 0.321 e. The van der Waals surface area contributed by atoms with E-state index in [2.05, 4.69) is 20.6 Å². The molecular weight excluding hydrogens is 254 g/mol. The fourth-order valence-corrected chi connectivity index (χ4v) is 2.59. The molecule has 0 atom stereocenters. The van der Waals surface area contributed by atoms with Crippen molar-refractivity contribution < 1.29 is 4.79 Å². The third kappa shape index (κ3) is 2.71. The van der Waals surface area contributed by atoms with Gasteiger partial charge in [-0.25, -0.2) is 0 Å². The van der Waals surface area contributed by atoms with Gasteiger partial charge in [0.05, 0.1) is 22.6 Å². The second-order valence-electron chi connectivity index (χ2n) is 5.92. The number of hydrogen-bond donors (Lipinski definition) is 2. The van der Waals surface area contributed by atoms with Gasteiger partial charge in [-0.15, -0.1) is 0 Å². The highest BCUT2D eigenvalue weighted by Gasteiger charge is 2.35. The van der Waals surface area contributed by atoms with E-state index in [1.54, 1.807) is 4.68 Å². The number of hydrogen-bond acceptors (Lipinski definition) is 4. The van der Waals surface area contributed by atoms with Crippen molar-refractivity contribution >= 4 is 11.6 Å². The van der Waals surface area contributed by atoms with Crippen LogP contribution in [0.4, 0.5) is 5.69 Å². The minimum Gasteiger partial charge on any atom is -0.321 e. The fourth-order valence-electron chi connectivity index (χ4n) is 2.59. The van der Waals surface area contributed by atoms with Gasteiger partial charge in [0.2, 0.25) is 5.91 Å². The lowest BCUT2D eigenvalue weighted by Gasteiger charge is -2.39. The van der Waals surface area contributed by atoms with E-state index in [1.807, 2.05) is 34.7 Å². The highest BCUT2D eigenvalue weighted by molar-refractivity contribution is 5.98. The molecule has 6 nitrogen and oxygen atoms in total. The summed E-state index contributed by atoms with van der Waals surface area (Å²) in [5.41, 5.74) is 2.15. The van der Waals surface area contributed by atoms with Crippen LogP contribution in [-0.2, 0) is 11.8 Å². The Kier molecular flexibility index (Phi) is 4.15. The number of amides is 1. The average Bonchev–Trinajstić information content (AvgIpc) is 2.66. The van der Waals surface area contributed by atoms with Crippen LogP contribution in [0.3, 0.4) is 0 Å². The molecule has 1 fully saturated rings. The Bertz CT molecular complexity index is 500. The molecule has 0 aromatic carbocycles. The standard InChI is InChI=1S/C14H25N5O/c1-10-12(11(2)18(5)17-10)16-13(20)14(3,4)19-8-6-15-7-9-19/h15H,6-9H2,1-5H3,(H,16,20). The van der Waals surface area contributed by atoms with E-state index >= 15 is 0 Å². The minimum atomic E-state index is -0.517. The number of carbonyl (C=O) groups is 1. The van der Waals surface area contributed by atoms with Gasteiger partial charge in [-0.1, -0.05) is 0 Å². The van der Waals surface area contributed by atoms with Gasteiger partial charge in [-0.05, 0) is 27.7 Å². The van der Waals surface area contributed by atoms with Gasteiger partial charge in [0.15, 0.2) is 0 Å². The summed E-state index contributed by atoms with van der Waals surface area (Å²) in [5, 5.41) is 10.7. The van der Waals surface area contributed by atoms with E-state index in [0.29, 0.717) is 0 Å². The van der Waals surface area contributed by atoms with E-state index in [1.165, 1.54) is 0 Å². The molecule has 0 saturated carbocycles. The molecule has 1 aliphatic rings. The first-order valence-electron chi connectivity index (χ1n) is 7.11. The highest BCUT2D eigenvalue weighted by Crippen LogP contribution is 2.22. The third-order valence-corrected chi connectivity index (χ3v) is 4.21. The van der Waals surface area contributed by atoms with E-state index < -0.39 is 5.54 Å². The Labute approximate surface area is 120 Å². The fraction of sp³-hybridized carbons (Fsp3) is 0.714. The number of anilines is 1. The van der Waals surface area contributed by atoms with Crippen LogP contribution >= 0.6 is 0 Å². The van der Waals surface area contributed by atoms with Gasteiger partial charge in [-0.3, -0.25) is 14.4 Å². The summed E-state index contributed by atoms with van der Waals surface area (Å²) >= 11 is 0. The van der Waals surface area contributed by atoms with E-state index in [9.17, 15) is 4.79 Å². The summed E-state index contributed by atoms with van der Waals surface area (Å²) in [7, 11) is 1.89. The zero-order valence-electron chi connectivity index (χ0n) is 13.1. The quantitative estimate of drug-likeness (QED) is 0.853. The van der Waals surface area contributed by atoms with Crippen molar-refractivity contribution in [3.8, 4) is 0 Å². The molecule has 20 heavy (non-hydrogen) atoms. The van der Waals surface area contributed by atoms with Crippen molar-refractivity contribution in [3.05, 3.63) is 11.4 Å². The molecule has 0 radical (unpaired) electrons. The lowest BCUT2D eigenvalue weighted by Crippen LogP contribution is -2.58. The molecule has 6 heteroatoms. The Hall–Kier alpha value is -1.40. The number of aromatic nitrogens is 2. The molecule has 0 bridgehead atoms. The Morgan fingerprint density at radius 2 is 1.90 bits per heavy atom. The second kappa shape index (κ2) is 5.54. The molecule has 0 spiro atoms. The lowest BCUT2D eigenvalue weighted by atomic mass is 10.00. The second-order valence-corrected chi connectivity index (χ2v) is 5.92. The number of aryl methyl sites for hydroxylation is 2. The predicted octanol–water partition coefficient (Wildman–Crippen LogP) is 0.659. The van der Waals surface area contributed by atoms with Gasteiger partial charge < -0.3 is 10.6 Å². The van der Waals surface area contributed by atoms with Gasteiger partial charge in [0, 0.05) is 33.2 Å². The van der Waals surface area contributed by atoms with Crippen LogP contribution in [0, 0.1) is 13.8 Å². The summed E-state index contributed by atoms with van der Waals surface area (Å²) in [6.45, 7) is 11.5. The first-order valence-corrected chi connectivity index (χ1v) is 7.11. The van der Waals surface area contributed by atoms with Gasteiger partial charge in [-0.2, -0.15) is 5.10 Å². The maximum atomic E-state index is 12.6. The molecule has 2 N–H and O–H groups in total. The first kappa shape index (κ1) is 15.0. The first-order chi connectivity index (χ1) is 9.34. The van der Waals surface area contributed by atoms with Gasteiger partial charge in [0.1, 0.15) is 0 Å². The minimum absolute atomic E-state index is 0.0265. The molecule has 1 aliphatic heterocycles. The van der Waals surface area contributed by atoms with Crippen LogP contribution in [0.15, 0.2) is 0 Å². The zero-order valence-corrected chi connectivity index (χ0v) is 13.1. The number of nitrogens with zero attached hydrogens (tertiary/aromatic N) is 3. The Balaban J connectivity index is 2.14. The monoisotopic (exact) mass is 279 g/mol. The molecule has 0 aliphatic carbocycles. The highest BCUT2D eigenvalue weighted by atomic mass is 16.2. The number of nitrogens with one attached hydrogen (secondary N) is 2. The third-order valence-electron chi connectivity index (χ3n) is 4.21. The lowest BCUT2D eigenvalue weighted by molar-refractivity contribution is -0.126. The Morgan fingerprint density at radius 3 is 2.40 bits per heavy atom. The van der Waals surface area contributed by atoms with Crippen molar-refractivity contribution in [2.24, 2.45) is 7.05 Å². The molecule has 1 saturated heterocycles. The molecule has 2 heterocycles. The molecular formula is C14H25N5O. The SMILES string of the molecule is Cc1nn(C)c(C)c1NC(=O)C(C)(C)N1CCNCC1.